The van der Waals surface area contributed by atoms with Gasteiger partial charge in [-0.2, -0.15) is 0 Å². The van der Waals surface area contributed by atoms with Crippen LogP contribution < -0.4 is 0 Å². The van der Waals surface area contributed by atoms with Crippen molar-refractivity contribution in [3.63, 3.8) is 0 Å². The monoisotopic (exact) mass is 405 g/mol. The SMILES string of the molecule is CC1Cn2c(C(=O)c3ccccc3)cc(Br)c2C1(C)C(=O)OC(=O)O. The number of ether oxygens (including phenoxy) is 1. The van der Waals surface area contributed by atoms with Crippen LogP contribution in [0.25, 0.3) is 0 Å². The predicted molar refractivity (Wildman–Crippen MR) is 92.6 cm³/mol. The van der Waals surface area contributed by atoms with Gasteiger partial charge in [0.1, 0.15) is 5.41 Å². The zero-order valence-electron chi connectivity index (χ0n) is 13.7. The van der Waals surface area contributed by atoms with Crippen LogP contribution in [0.3, 0.4) is 0 Å². The van der Waals surface area contributed by atoms with Crippen LogP contribution >= 0.6 is 15.9 Å². The third kappa shape index (κ3) is 2.68. The number of carbonyl (C=O) groups excluding carboxylic acids is 2. The summed E-state index contributed by atoms with van der Waals surface area (Å²) in [6, 6.07) is 10.5. The molecule has 25 heavy (non-hydrogen) atoms. The highest BCUT2D eigenvalue weighted by Gasteiger charge is 2.51. The molecule has 6 nitrogen and oxygen atoms in total. The Morgan fingerprint density at radius 1 is 1.28 bits per heavy atom. The fourth-order valence-corrected chi connectivity index (χ4v) is 4.17. The van der Waals surface area contributed by atoms with Gasteiger partial charge in [-0.3, -0.25) is 9.59 Å². The van der Waals surface area contributed by atoms with Crippen molar-refractivity contribution in [2.24, 2.45) is 5.92 Å². The number of carboxylic acid groups (broad SMARTS) is 1. The van der Waals surface area contributed by atoms with Gasteiger partial charge in [0.25, 0.3) is 0 Å². The van der Waals surface area contributed by atoms with Crippen LogP contribution in [0, 0.1) is 5.92 Å². The molecule has 3 rings (SSSR count). The minimum atomic E-state index is -1.64. The second kappa shape index (κ2) is 6.15. The number of ketones is 1. The Hall–Kier alpha value is -2.41. The van der Waals surface area contributed by atoms with Gasteiger partial charge in [-0.05, 0) is 34.8 Å². The molecule has 0 spiro atoms. The molecule has 1 aromatic heterocycles. The molecule has 1 aromatic carbocycles. The highest BCUT2D eigenvalue weighted by molar-refractivity contribution is 9.10. The zero-order valence-corrected chi connectivity index (χ0v) is 15.2. The van der Waals surface area contributed by atoms with E-state index in [0.717, 1.165) is 0 Å². The van der Waals surface area contributed by atoms with E-state index in [9.17, 15) is 14.4 Å². The van der Waals surface area contributed by atoms with Gasteiger partial charge in [0, 0.05) is 22.3 Å². The fourth-order valence-electron chi connectivity index (χ4n) is 3.33. The molecule has 1 aliphatic rings. The second-order valence-corrected chi connectivity index (χ2v) is 7.15. The van der Waals surface area contributed by atoms with E-state index in [1.807, 2.05) is 13.0 Å². The molecule has 0 aliphatic carbocycles. The Balaban J connectivity index is 2.09. The van der Waals surface area contributed by atoms with E-state index in [-0.39, 0.29) is 11.7 Å². The Morgan fingerprint density at radius 2 is 1.92 bits per heavy atom. The number of carbonyl (C=O) groups is 3. The molecule has 130 valence electrons. The van der Waals surface area contributed by atoms with Crippen molar-refractivity contribution in [3.05, 3.63) is 57.8 Å². The van der Waals surface area contributed by atoms with Crippen molar-refractivity contribution < 1.29 is 24.2 Å². The van der Waals surface area contributed by atoms with Crippen LogP contribution in [0.4, 0.5) is 4.79 Å². The lowest BCUT2D eigenvalue weighted by Crippen LogP contribution is -2.38. The third-order valence-corrected chi connectivity index (χ3v) is 5.46. The second-order valence-electron chi connectivity index (χ2n) is 6.29. The smallest absolute Gasteiger partial charge is 0.449 e. The molecule has 7 heteroatoms. The molecule has 0 bridgehead atoms. The first kappa shape index (κ1) is 17.4. The van der Waals surface area contributed by atoms with E-state index in [2.05, 4.69) is 20.7 Å². The number of halogens is 1. The van der Waals surface area contributed by atoms with Gasteiger partial charge in [-0.25, -0.2) is 4.79 Å². The maximum absolute atomic E-state index is 12.8. The van der Waals surface area contributed by atoms with Crippen LogP contribution in [0.1, 0.15) is 35.6 Å². The summed E-state index contributed by atoms with van der Waals surface area (Å²) in [5.41, 5.74) is 0.397. The van der Waals surface area contributed by atoms with Crippen molar-refractivity contribution in [1.29, 1.82) is 0 Å². The Labute approximate surface area is 152 Å². The Morgan fingerprint density at radius 3 is 2.52 bits per heavy atom. The fraction of sp³-hybridized carbons (Fsp3) is 0.278. The quantitative estimate of drug-likeness (QED) is 0.478. The van der Waals surface area contributed by atoms with Gasteiger partial charge in [-0.1, -0.05) is 37.3 Å². The van der Waals surface area contributed by atoms with E-state index in [4.69, 9.17) is 5.11 Å². The molecule has 1 aliphatic heterocycles. The average molecular weight is 406 g/mol. The highest BCUT2D eigenvalue weighted by atomic mass is 79.9. The van der Waals surface area contributed by atoms with E-state index in [1.165, 1.54) is 0 Å². The number of hydrogen-bond donors (Lipinski definition) is 1. The van der Waals surface area contributed by atoms with Crippen LogP contribution in [-0.2, 0) is 21.5 Å². The third-order valence-electron chi connectivity index (χ3n) is 4.86. The summed E-state index contributed by atoms with van der Waals surface area (Å²) < 4.78 is 6.79. The van der Waals surface area contributed by atoms with Crippen LogP contribution in [0.2, 0.25) is 0 Å². The lowest BCUT2D eigenvalue weighted by atomic mass is 9.78. The summed E-state index contributed by atoms with van der Waals surface area (Å²) in [7, 11) is 0. The lowest BCUT2D eigenvalue weighted by Gasteiger charge is -2.25. The maximum atomic E-state index is 12.8. The van der Waals surface area contributed by atoms with Crippen molar-refractivity contribution in [1.82, 2.24) is 4.57 Å². The molecular formula is C18H16BrNO5. The van der Waals surface area contributed by atoms with Gasteiger partial charge in [-0.15, -0.1) is 0 Å². The van der Waals surface area contributed by atoms with Gasteiger partial charge in [0.2, 0.25) is 5.78 Å². The van der Waals surface area contributed by atoms with E-state index in [0.29, 0.717) is 28.0 Å². The number of rotatable bonds is 3. The van der Waals surface area contributed by atoms with E-state index >= 15 is 0 Å². The maximum Gasteiger partial charge on any atom is 0.513 e. The van der Waals surface area contributed by atoms with E-state index < -0.39 is 17.5 Å². The Bertz CT molecular complexity index is 873. The molecule has 1 N–H and O–H groups in total. The molecule has 0 fully saturated rings. The van der Waals surface area contributed by atoms with Crippen molar-refractivity contribution >= 4 is 33.8 Å². The molecule has 0 saturated heterocycles. The molecule has 2 unspecified atom stereocenters. The van der Waals surface area contributed by atoms with Crippen molar-refractivity contribution in [3.8, 4) is 0 Å². The number of nitrogens with zero attached hydrogens (tertiary/aromatic N) is 1. The summed E-state index contributed by atoms with van der Waals surface area (Å²) in [5.74, 6) is -1.23. The van der Waals surface area contributed by atoms with Gasteiger partial charge in [0.15, 0.2) is 0 Å². The molecule has 2 aromatic rings. The number of hydrogen-bond acceptors (Lipinski definition) is 4. The minimum Gasteiger partial charge on any atom is -0.449 e. The standard InChI is InChI=1S/C18H16BrNO5/c1-10-9-20-13(14(21)11-6-4-3-5-7-11)8-12(19)15(20)18(10,2)16(22)25-17(23)24/h3-8,10H,9H2,1-2H3,(H,23,24). The lowest BCUT2D eigenvalue weighted by molar-refractivity contribution is -0.146. The first-order valence-corrected chi connectivity index (χ1v) is 8.50. The predicted octanol–water partition coefficient (Wildman–Crippen LogP) is 3.61. The van der Waals surface area contributed by atoms with Crippen LogP contribution in [-0.4, -0.2) is 27.6 Å². The first-order valence-electron chi connectivity index (χ1n) is 7.71. The van der Waals surface area contributed by atoms with Crippen LogP contribution in [0.5, 0.6) is 0 Å². The number of benzene rings is 1. The highest BCUT2D eigenvalue weighted by Crippen LogP contribution is 2.46. The molecule has 0 amide bonds. The number of fused-ring (bicyclic) bond motifs is 1. The van der Waals surface area contributed by atoms with Crippen molar-refractivity contribution in [2.45, 2.75) is 25.8 Å². The summed E-state index contributed by atoms with van der Waals surface area (Å²) in [5, 5.41) is 8.79. The number of aromatic nitrogens is 1. The largest absolute Gasteiger partial charge is 0.513 e. The van der Waals surface area contributed by atoms with Gasteiger partial charge >= 0.3 is 12.1 Å². The van der Waals surface area contributed by atoms with Gasteiger partial charge in [0.05, 0.1) is 5.69 Å². The normalized spacial score (nSPS) is 21.6. The summed E-state index contributed by atoms with van der Waals surface area (Å²) >= 11 is 3.42. The summed E-state index contributed by atoms with van der Waals surface area (Å²) in [4.78, 5) is 36.1. The van der Waals surface area contributed by atoms with E-state index in [1.54, 1.807) is 41.8 Å². The average Bonchev–Trinajstić information content (AvgIpc) is 3.03. The summed E-state index contributed by atoms with van der Waals surface area (Å²) in [6.07, 6.45) is -1.64. The molecule has 0 saturated carbocycles. The van der Waals surface area contributed by atoms with Crippen LogP contribution in [0.15, 0.2) is 40.9 Å². The first-order chi connectivity index (χ1) is 11.8. The van der Waals surface area contributed by atoms with Crippen molar-refractivity contribution in [2.75, 3.05) is 0 Å². The molecule has 0 radical (unpaired) electrons. The molecule has 2 heterocycles. The number of esters is 1. The minimum absolute atomic E-state index is 0.157. The topological polar surface area (TPSA) is 85.6 Å². The zero-order chi connectivity index (χ0) is 18.4. The molecule has 2 atom stereocenters. The summed E-state index contributed by atoms with van der Waals surface area (Å²) in [6.45, 7) is 3.89. The Kier molecular flexibility index (Phi) is 4.28. The molecular weight excluding hydrogens is 390 g/mol. The van der Waals surface area contributed by atoms with Gasteiger partial charge < -0.3 is 14.4 Å².